The first-order chi connectivity index (χ1) is 7.74. The lowest BCUT2D eigenvalue weighted by Crippen LogP contribution is -2.00. The van der Waals surface area contributed by atoms with Crippen LogP contribution in [0, 0.1) is 0 Å². The minimum absolute atomic E-state index is 0.0260. The molecule has 0 aliphatic carbocycles. The number of hydrogen-bond acceptors (Lipinski definition) is 2. The van der Waals surface area contributed by atoms with Crippen LogP contribution >= 0.6 is 0 Å². The lowest BCUT2D eigenvalue weighted by Gasteiger charge is -2.00. The molecule has 16 heavy (non-hydrogen) atoms. The van der Waals surface area contributed by atoms with Crippen molar-refractivity contribution in [2.24, 2.45) is 0 Å². The van der Waals surface area contributed by atoms with Crippen LogP contribution in [0.15, 0.2) is 42.9 Å². The summed E-state index contributed by atoms with van der Waals surface area (Å²) in [6.45, 7) is 0.716. The average Bonchev–Trinajstić information content (AvgIpc) is 2.66. The summed E-state index contributed by atoms with van der Waals surface area (Å²) >= 11 is 0. The largest absolute Gasteiger partial charge is 0.481 e. The molecule has 0 spiro atoms. The number of carboxylic acid groups (broad SMARTS) is 1. The molecule has 4 nitrogen and oxygen atoms in total. The highest BCUT2D eigenvalue weighted by Crippen LogP contribution is 2.04. The maximum absolute atomic E-state index is 10.5. The van der Waals surface area contributed by atoms with Crippen molar-refractivity contribution in [2.45, 2.75) is 13.0 Å². The maximum Gasteiger partial charge on any atom is 0.309 e. The molecule has 0 aliphatic heterocycles. The van der Waals surface area contributed by atoms with Crippen LogP contribution in [0.4, 0.5) is 0 Å². The van der Waals surface area contributed by atoms with Crippen molar-refractivity contribution in [1.82, 2.24) is 9.55 Å². The molecule has 0 fully saturated rings. The van der Waals surface area contributed by atoms with Crippen LogP contribution in [0.1, 0.15) is 11.3 Å². The second-order valence-corrected chi connectivity index (χ2v) is 3.59. The van der Waals surface area contributed by atoms with Gasteiger partial charge in [0.05, 0.1) is 18.4 Å². The topological polar surface area (TPSA) is 55.1 Å². The summed E-state index contributed by atoms with van der Waals surface area (Å²) < 4.78 is 1.88. The van der Waals surface area contributed by atoms with Gasteiger partial charge in [-0.2, -0.15) is 0 Å². The molecule has 1 heterocycles. The molecule has 1 N–H and O–H groups in total. The van der Waals surface area contributed by atoms with Gasteiger partial charge in [-0.15, -0.1) is 0 Å². The van der Waals surface area contributed by atoms with E-state index in [-0.39, 0.29) is 6.42 Å². The number of aliphatic carboxylic acids is 1. The highest BCUT2D eigenvalue weighted by atomic mass is 16.4. The Morgan fingerprint density at radius 2 is 2.06 bits per heavy atom. The van der Waals surface area contributed by atoms with Crippen LogP contribution < -0.4 is 0 Å². The van der Waals surface area contributed by atoms with E-state index in [9.17, 15) is 4.79 Å². The van der Waals surface area contributed by atoms with E-state index in [1.54, 1.807) is 12.5 Å². The predicted molar refractivity (Wildman–Crippen MR) is 59.1 cm³/mol. The van der Waals surface area contributed by atoms with Gasteiger partial charge in [0.2, 0.25) is 0 Å². The maximum atomic E-state index is 10.5. The normalized spacial score (nSPS) is 10.2. The zero-order valence-electron chi connectivity index (χ0n) is 8.71. The Balaban J connectivity index is 2.06. The average molecular weight is 216 g/mol. The zero-order valence-corrected chi connectivity index (χ0v) is 8.71. The van der Waals surface area contributed by atoms with Crippen LogP contribution in [-0.4, -0.2) is 20.6 Å². The first-order valence-corrected chi connectivity index (χ1v) is 5.00. The van der Waals surface area contributed by atoms with Crippen LogP contribution in [0.3, 0.4) is 0 Å². The lowest BCUT2D eigenvalue weighted by atomic mass is 10.2. The first-order valence-electron chi connectivity index (χ1n) is 5.00. The SMILES string of the molecule is O=C(O)Cc1cn(Cc2ccccc2)cn1. The van der Waals surface area contributed by atoms with Gasteiger partial charge in [-0.3, -0.25) is 4.79 Å². The van der Waals surface area contributed by atoms with E-state index in [2.05, 4.69) is 4.98 Å². The molecule has 82 valence electrons. The molecule has 0 amide bonds. The molecular formula is C12H12N2O2. The summed E-state index contributed by atoms with van der Waals surface area (Å²) in [4.78, 5) is 14.5. The Morgan fingerprint density at radius 3 is 2.75 bits per heavy atom. The summed E-state index contributed by atoms with van der Waals surface area (Å²) in [7, 11) is 0. The number of aromatic nitrogens is 2. The molecule has 0 saturated heterocycles. The smallest absolute Gasteiger partial charge is 0.309 e. The lowest BCUT2D eigenvalue weighted by molar-refractivity contribution is -0.136. The van der Waals surface area contributed by atoms with Gasteiger partial charge < -0.3 is 9.67 Å². The fourth-order valence-electron chi connectivity index (χ4n) is 1.53. The highest BCUT2D eigenvalue weighted by molar-refractivity contribution is 5.69. The Labute approximate surface area is 93.2 Å². The summed E-state index contributed by atoms with van der Waals surface area (Å²) in [5, 5.41) is 8.62. The van der Waals surface area contributed by atoms with Crippen LogP contribution in [0.2, 0.25) is 0 Å². The molecular weight excluding hydrogens is 204 g/mol. The third-order valence-corrected chi connectivity index (χ3v) is 2.23. The van der Waals surface area contributed by atoms with Gasteiger partial charge in [0.25, 0.3) is 0 Å². The van der Waals surface area contributed by atoms with Gasteiger partial charge in [-0.25, -0.2) is 4.98 Å². The third kappa shape index (κ3) is 2.70. The molecule has 0 aliphatic rings. The van der Waals surface area contributed by atoms with Crippen molar-refractivity contribution in [3.8, 4) is 0 Å². The van der Waals surface area contributed by atoms with Crippen LogP contribution in [-0.2, 0) is 17.8 Å². The Kier molecular flexibility index (Phi) is 3.00. The Hall–Kier alpha value is -2.10. The van der Waals surface area contributed by atoms with E-state index in [0.29, 0.717) is 12.2 Å². The molecule has 2 rings (SSSR count). The van der Waals surface area contributed by atoms with E-state index in [4.69, 9.17) is 5.11 Å². The Bertz CT molecular complexity index is 477. The van der Waals surface area contributed by atoms with Gasteiger partial charge in [0.1, 0.15) is 0 Å². The van der Waals surface area contributed by atoms with Crippen molar-refractivity contribution in [3.05, 3.63) is 54.1 Å². The van der Waals surface area contributed by atoms with E-state index in [1.807, 2.05) is 34.9 Å². The van der Waals surface area contributed by atoms with Gasteiger partial charge in [-0.05, 0) is 5.56 Å². The zero-order chi connectivity index (χ0) is 11.4. The highest BCUT2D eigenvalue weighted by Gasteiger charge is 2.03. The van der Waals surface area contributed by atoms with Gasteiger partial charge in [0.15, 0.2) is 0 Å². The number of rotatable bonds is 4. The predicted octanol–water partition coefficient (Wildman–Crippen LogP) is 1.56. The molecule has 0 unspecified atom stereocenters. The number of benzene rings is 1. The number of hydrogen-bond donors (Lipinski definition) is 1. The molecule has 0 atom stereocenters. The van der Waals surface area contributed by atoms with E-state index in [0.717, 1.165) is 0 Å². The third-order valence-electron chi connectivity index (χ3n) is 2.23. The summed E-state index contributed by atoms with van der Waals surface area (Å²) in [5.41, 5.74) is 1.75. The summed E-state index contributed by atoms with van der Waals surface area (Å²) in [6, 6.07) is 9.97. The Morgan fingerprint density at radius 1 is 1.31 bits per heavy atom. The fourth-order valence-corrected chi connectivity index (χ4v) is 1.53. The van der Waals surface area contributed by atoms with E-state index < -0.39 is 5.97 Å². The number of carboxylic acids is 1. The summed E-state index contributed by atoms with van der Waals surface area (Å²) in [6.07, 6.45) is 3.40. The quantitative estimate of drug-likeness (QED) is 0.843. The van der Waals surface area contributed by atoms with Gasteiger partial charge in [0, 0.05) is 12.7 Å². The monoisotopic (exact) mass is 216 g/mol. The fraction of sp³-hybridized carbons (Fsp3) is 0.167. The van der Waals surface area contributed by atoms with Crippen molar-refractivity contribution in [1.29, 1.82) is 0 Å². The van der Waals surface area contributed by atoms with E-state index in [1.165, 1.54) is 5.56 Å². The van der Waals surface area contributed by atoms with Crippen molar-refractivity contribution in [3.63, 3.8) is 0 Å². The molecule has 1 aromatic carbocycles. The summed E-state index contributed by atoms with van der Waals surface area (Å²) in [5.74, 6) is -0.857. The number of carbonyl (C=O) groups is 1. The first kappa shape index (κ1) is 10.4. The minimum atomic E-state index is -0.857. The van der Waals surface area contributed by atoms with Crippen LogP contribution in [0.5, 0.6) is 0 Å². The second-order valence-electron chi connectivity index (χ2n) is 3.59. The van der Waals surface area contributed by atoms with Gasteiger partial charge >= 0.3 is 5.97 Å². The van der Waals surface area contributed by atoms with Crippen molar-refractivity contribution >= 4 is 5.97 Å². The molecule has 0 radical (unpaired) electrons. The van der Waals surface area contributed by atoms with Crippen molar-refractivity contribution in [2.75, 3.05) is 0 Å². The molecule has 2 aromatic rings. The molecule has 1 aromatic heterocycles. The minimum Gasteiger partial charge on any atom is -0.481 e. The number of imidazole rings is 1. The van der Waals surface area contributed by atoms with E-state index >= 15 is 0 Å². The molecule has 0 bridgehead atoms. The molecule has 4 heteroatoms. The second kappa shape index (κ2) is 4.61. The molecule has 0 saturated carbocycles. The standard InChI is InChI=1S/C12H12N2O2/c15-12(16)6-11-8-14(9-13-11)7-10-4-2-1-3-5-10/h1-5,8-9H,6-7H2,(H,15,16). The van der Waals surface area contributed by atoms with Gasteiger partial charge in [-0.1, -0.05) is 30.3 Å². The number of nitrogens with zero attached hydrogens (tertiary/aromatic N) is 2. The van der Waals surface area contributed by atoms with Crippen molar-refractivity contribution < 1.29 is 9.90 Å². The van der Waals surface area contributed by atoms with Crippen LogP contribution in [0.25, 0.3) is 0 Å².